The predicted molar refractivity (Wildman–Crippen MR) is 280 cm³/mol. The van der Waals surface area contributed by atoms with Crippen molar-refractivity contribution in [1.29, 1.82) is 0 Å². The lowest BCUT2D eigenvalue weighted by atomic mass is 9.96. The van der Waals surface area contributed by atoms with Crippen LogP contribution in [-0.2, 0) is 24.7 Å². The van der Waals surface area contributed by atoms with Gasteiger partial charge in [0.1, 0.15) is 0 Å². The SMILES string of the molecule is FC(F)(F)c1cc(-c2ccc3c4ccc(-c5cc(C(F)(F)F)cc(C(F)(F)F)c5)cc4n(-c4ccc(-c5cccc6sc7ccccc7c56)cc4-c4nc(-c5ccccc5)nc(-c5ccccc5)n4)c3c2)cc(C(F)(F)F)c1. The zero-order valence-electron chi connectivity index (χ0n) is 39.7. The Balaban J connectivity index is 1.20. The number of alkyl halides is 12. The molecule has 0 radical (unpaired) electrons. The van der Waals surface area contributed by atoms with Crippen LogP contribution < -0.4 is 0 Å². The summed E-state index contributed by atoms with van der Waals surface area (Å²) in [6.45, 7) is 0. The quantitative estimate of drug-likeness (QED) is 0.149. The number of aromatic nitrogens is 4. The van der Waals surface area contributed by atoms with E-state index in [0.717, 1.165) is 25.7 Å². The van der Waals surface area contributed by atoms with E-state index in [0.29, 0.717) is 57.3 Å². The maximum Gasteiger partial charge on any atom is 0.416 e. The van der Waals surface area contributed by atoms with Gasteiger partial charge in [0.25, 0.3) is 0 Å². The van der Waals surface area contributed by atoms with Gasteiger partial charge in [0.15, 0.2) is 17.5 Å². The van der Waals surface area contributed by atoms with Gasteiger partial charge in [0.2, 0.25) is 0 Å². The molecule has 0 bridgehead atoms. The summed E-state index contributed by atoms with van der Waals surface area (Å²) < 4.78 is 176. The van der Waals surface area contributed by atoms with Crippen LogP contribution in [0.1, 0.15) is 22.3 Å². The van der Waals surface area contributed by atoms with Crippen LogP contribution >= 0.6 is 11.3 Å². The van der Waals surface area contributed by atoms with Crippen molar-refractivity contribution in [2.75, 3.05) is 0 Å². The number of fused-ring (bicyclic) bond motifs is 6. The molecular weight excluding hydrogens is 1050 g/mol. The fourth-order valence-electron chi connectivity index (χ4n) is 9.90. The number of thiophene rings is 1. The molecule has 9 aromatic carbocycles. The first-order valence-corrected chi connectivity index (χ1v) is 24.6. The normalized spacial score (nSPS) is 12.6. The summed E-state index contributed by atoms with van der Waals surface area (Å²) in [5.41, 5.74) is -3.62. The van der Waals surface area contributed by atoms with Crippen molar-refractivity contribution in [2.24, 2.45) is 0 Å². The first-order chi connectivity index (χ1) is 37.2. The molecule has 0 amide bonds. The fraction of sp³-hybridized carbons (Fsp3) is 0.0656. The second-order valence-corrected chi connectivity index (χ2v) is 19.5. The summed E-state index contributed by atoms with van der Waals surface area (Å²) in [5, 5.41) is 2.66. The molecule has 12 aromatic rings. The van der Waals surface area contributed by atoms with Crippen molar-refractivity contribution in [3.8, 4) is 73.2 Å². The topological polar surface area (TPSA) is 43.6 Å². The van der Waals surface area contributed by atoms with E-state index in [4.69, 9.17) is 15.0 Å². The van der Waals surface area contributed by atoms with Gasteiger partial charge >= 0.3 is 24.7 Å². The van der Waals surface area contributed by atoms with Crippen molar-refractivity contribution in [2.45, 2.75) is 24.7 Å². The third kappa shape index (κ3) is 9.16. The molecule has 3 aromatic heterocycles. The Kier molecular flexibility index (Phi) is 11.8. The lowest BCUT2D eigenvalue weighted by molar-refractivity contribution is -0.144. The number of rotatable bonds is 7. The summed E-state index contributed by atoms with van der Waals surface area (Å²) in [6, 6.07) is 48.1. The number of benzene rings is 9. The van der Waals surface area contributed by atoms with E-state index in [2.05, 4.69) is 0 Å². The van der Waals surface area contributed by atoms with Gasteiger partial charge in [-0.3, -0.25) is 0 Å². The Morgan fingerprint density at radius 2 is 0.744 bits per heavy atom. The highest BCUT2D eigenvalue weighted by atomic mass is 32.1. The van der Waals surface area contributed by atoms with Crippen LogP contribution in [0.5, 0.6) is 0 Å². The van der Waals surface area contributed by atoms with E-state index in [9.17, 15) is 52.7 Å². The minimum Gasteiger partial charge on any atom is -0.308 e. The average Bonchev–Trinajstić information content (AvgIpc) is 4.21. The molecule has 3 heterocycles. The van der Waals surface area contributed by atoms with Gasteiger partial charge in [0, 0.05) is 47.6 Å². The standard InChI is InChI=1S/C61H32F12N4S/c62-58(63,64)40-24-38(25-41(31-40)59(65,66)67)35-18-21-45-46-22-19-36(39-26-42(60(68,69)70)32-43(27-39)61(71,72)73)30-51(46)77(50(45)29-35)49-23-20-37(44-15-9-17-53-54(44)47-14-7-8-16-52(47)78-53)28-48(49)57-75-55(33-10-3-1-4-11-33)74-56(76-57)34-12-5-2-6-13-34/h1-32H. The first-order valence-electron chi connectivity index (χ1n) is 23.8. The van der Waals surface area contributed by atoms with E-state index in [-0.39, 0.29) is 57.5 Å². The highest BCUT2D eigenvalue weighted by Gasteiger charge is 2.39. The Bertz CT molecular complexity index is 4070. The summed E-state index contributed by atoms with van der Waals surface area (Å²) in [4.78, 5) is 15.0. The molecule has 0 aliphatic carbocycles. The van der Waals surface area contributed by atoms with Crippen molar-refractivity contribution < 1.29 is 52.7 Å². The maximum atomic E-state index is 14.4. The number of hydrogen-bond acceptors (Lipinski definition) is 4. The van der Waals surface area contributed by atoms with E-state index < -0.39 is 58.1 Å². The van der Waals surface area contributed by atoms with Crippen LogP contribution in [0.25, 0.3) is 115 Å². The largest absolute Gasteiger partial charge is 0.416 e. The van der Waals surface area contributed by atoms with Gasteiger partial charge < -0.3 is 4.57 Å². The Labute approximate surface area is 438 Å². The van der Waals surface area contributed by atoms with Crippen LogP contribution in [0.3, 0.4) is 0 Å². The molecule has 0 spiro atoms. The third-order valence-electron chi connectivity index (χ3n) is 13.5. The van der Waals surface area contributed by atoms with Crippen LogP contribution in [0.15, 0.2) is 194 Å². The summed E-state index contributed by atoms with van der Waals surface area (Å²) in [5.74, 6) is 0.608. The van der Waals surface area contributed by atoms with Gasteiger partial charge in [-0.05, 0) is 106 Å². The van der Waals surface area contributed by atoms with Gasteiger partial charge in [0.05, 0.1) is 39.0 Å². The highest BCUT2D eigenvalue weighted by Crippen LogP contribution is 2.46. The highest BCUT2D eigenvalue weighted by molar-refractivity contribution is 7.25. The molecule has 12 rings (SSSR count). The molecule has 17 heteroatoms. The van der Waals surface area contributed by atoms with Gasteiger partial charge in [-0.1, -0.05) is 121 Å². The van der Waals surface area contributed by atoms with Crippen LogP contribution in [-0.4, -0.2) is 19.5 Å². The molecule has 0 unspecified atom stereocenters. The minimum atomic E-state index is -5.18. The molecule has 0 fully saturated rings. The second kappa shape index (κ2) is 18.4. The Hall–Kier alpha value is -8.83. The molecule has 0 aliphatic heterocycles. The lowest BCUT2D eigenvalue weighted by Crippen LogP contribution is -2.11. The van der Waals surface area contributed by atoms with Crippen LogP contribution in [0.4, 0.5) is 52.7 Å². The van der Waals surface area contributed by atoms with Gasteiger partial charge in [-0.15, -0.1) is 11.3 Å². The van der Waals surface area contributed by atoms with E-state index >= 15 is 0 Å². The molecule has 0 atom stereocenters. The number of nitrogens with zero attached hydrogens (tertiary/aromatic N) is 4. The van der Waals surface area contributed by atoms with Crippen LogP contribution in [0, 0.1) is 0 Å². The van der Waals surface area contributed by atoms with Gasteiger partial charge in [-0.25, -0.2) is 15.0 Å². The molecule has 0 saturated carbocycles. The van der Waals surface area contributed by atoms with Crippen molar-refractivity contribution in [1.82, 2.24) is 19.5 Å². The minimum absolute atomic E-state index is 0.0217. The average molecular weight is 1080 g/mol. The first kappa shape index (κ1) is 50.0. The van der Waals surface area contributed by atoms with E-state index in [1.165, 1.54) is 36.4 Å². The summed E-state index contributed by atoms with van der Waals surface area (Å²) in [6.07, 6.45) is -20.7. The van der Waals surface area contributed by atoms with Gasteiger partial charge in [-0.2, -0.15) is 52.7 Å². The van der Waals surface area contributed by atoms with Crippen molar-refractivity contribution >= 4 is 53.3 Å². The zero-order chi connectivity index (χ0) is 54.5. The van der Waals surface area contributed by atoms with E-state index in [1.54, 1.807) is 70.5 Å². The maximum absolute atomic E-state index is 14.4. The predicted octanol–water partition coefficient (Wildman–Crippen LogP) is 19.4. The lowest BCUT2D eigenvalue weighted by Gasteiger charge is -2.18. The van der Waals surface area contributed by atoms with Crippen molar-refractivity contribution in [3.05, 3.63) is 216 Å². The Morgan fingerprint density at radius 1 is 0.308 bits per heavy atom. The smallest absolute Gasteiger partial charge is 0.308 e. The molecule has 0 N–H and O–H groups in total. The number of halogens is 12. The number of hydrogen-bond donors (Lipinski definition) is 0. The Morgan fingerprint density at radius 3 is 1.23 bits per heavy atom. The molecule has 386 valence electrons. The third-order valence-corrected chi connectivity index (χ3v) is 14.6. The summed E-state index contributed by atoms with van der Waals surface area (Å²) >= 11 is 1.60. The molecule has 0 aliphatic rings. The van der Waals surface area contributed by atoms with E-state index in [1.807, 2.05) is 66.7 Å². The molecule has 4 nitrogen and oxygen atoms in total. The molecule has 78 heavy (non-hydrogen) atoms. The zero-order valence-corrected chi connectivity index (χ0v) is 40.5. The monoisotopic (exact) mass is 1080 g/mol. The summed E-state index contributed by atoms with van der Waals surface area (Å²) in [7, 11) is 0. The van der Waals surface area contributed by atoms with Crippen molar-refractivity contribution in [3.63, 3.8) is 0 Å². The fourth-order valence-corrected chi connectivity index (χ4v) is 11.0. The molecule has 0 saturated heterocycles. The molecular formula is C61H32F12N4S. The second-order valence-electron chi connectivity index (χ2n) is 18.4. The van der Waals surface area contributed by atoms with Crippen LogP contribution in [0.2, 0.25) is 0 Å².